The van der Waals surface area contributed by atoms with Crippen LogP contribution in [-0.4, -0.2) is 11.9 Å². The molecule has 1 aromatic carbocycles. The fourth-order valence-corrected chi connectivity index (χ4v) is 1.51. The smallest absolute Gasteiger partial charge is 0.122 e. The fourth-order valence-electron chi connectivity index (χ4n) is 1.51. The van der Waals surface area contributed by atoms with Crippen molar-refractivity contribution < 1.29 is 4.74 Å². The van der Waals surface area contributed by atoms with Crippen molar-refractivity contribution in [2.75, 3.05) is 0 Å². The average Bonchev–Trinajstić information content (AvgIpc) is 2.27. The number of ether oxygens (including phenoxy) is 1. The van der Waals surface area contributed by atoms with Gasteiger partial charge in [0.2, 0.25) is 0 Å². The third-order valence-corrected chi connectivity index (χ3v) is 2.49. The molecule has 0 saturated heterocycles. The number of rotatable bonds is 6. The van der Waals surface area contributed by atoms with Crippen molar-refractivity contribution >= 4 is 5.84 Å². The zero-order valence-corrected chi connectivity index (χ0v) is 9.99. The first-order valence-electron chi connectivity index (χ1n) is 5.68. The quantitative estimate of drug-likeness (QED) is 0.572. The average molecular weight is 220 g/mol. The largest absolute Gasteiger partial charge is 0.384 e. The Labute approximate surface area is 97.1 Å². The van der Waals surface area contributed by atoms with Crippen LogP contribution < -0.4 is 5.73 Å². The monoisotopic (exact) mass is 220 g/mol. The zero-order valence-electron chi connectivity index (χ0n) is 9.99. The second-order valence-corrected chi connectivity index (χ2v) is 4.02. The fraction of sp³-hybridized carbons (Fsp3) is 0.462. The van der Waals surface area contributed by atoms with E-state index in [-0.39, 0.29) is 5.84 Å². The summed E-state index contributed by atoms with van der Waals surface area (Å²) in [5, 5.41) is 7.28. The maximum atomic E-state index is 7.28. The molecule has 0 saturated carbocycles. The SMILES string of the molecule is CCCC(C)OCc1ccc(C(=N)N)cc1. The Kier molecular flexibility index (Phi) is 4.99. The zero-order chi connectivity index (χ0) is 12.0. The topological polar surface area (TPSA) is 59.1 Å². The van der Waals surface area contributed by atoms with Crippen LogP contribution in [0, 0.1) is 5.41 Å². The number of nitrogens with two attached hydrogens (primary N) is 1. The minimum atomic E-state index is 0.104. The molecule has 3 N–H and O–H groups in total. The van der Waals surface area contributed by atoms with Gasteiger partial charge in [-0.2, -0.15) is 0 Å². The predicted molar refractivity (Wildman–Crippen MR) is 66.6 cm³/mol. The molecule has 0 bridgehead atoms. The number of amidine groups is 1. The molecule has 1 rings (SSSR count). The van der Waals surface area contributed by atoms with Crippen molar-refractivity contribution in [1.82, 2.24) is 0 Å². The van der Waals surface area contributed by atoms with Crippen LogP contribution in [0.4, 0.5) is 0 Å². The second kappa shape index (κ2) is 6.28. The molecule has 1 aromatic rings. The highest BCUT2D eigenvalue weighted by atomic mass is 16.5. The van der Waals surface area contributed by atoms with Crippen LogP contribution in [0.2, 0.25) is 0 Å². The van der Waals surface area contributed by atoms with Gasteiger partial charge in [-0.15, -0.1) is 0 Å². The van der Waals surface area contributed by atoms with Crippen LogP contribution in [0.3, 0.4) is 0 Å². The lowest BCUT2D eigenvalue weighted by molar-refractivity contribution is 0.0472. The Morgan fingerprint density at radius 1 is 1.38 bits per heavy atom. The van der Waals surface area contributed by atoms with E-state index in [2.05, 4.69) is 13.8 Å². The van der Waals surface area contributed by atoms with Gasteiger partial charge in [0.1, 0.15) is 5.84 Å². The summed E-state index contributed by atoms with van der Waals surface area (Å²) >= 11 is 0. The molecule has 0 fully saturated rings. The maximum absolute atomic E-state index is 7.28. The predicted octanol–water partition coefficient (Wildman–Crippen LogP) is 2.68. The summed E-state index contributed by atoms with van der Waals surface area (Å²) in [4.78, 5) is 0. The van der Waals surface area contributed by atoms with E-state index < -0.39 is 0 Å². The van der Waals surface area contributed by atoms with Crippen molar-refractivity contribution in [2.45, 2.75) is 39.4 Å². The molecule has 0 spiro atoms. The van der Waals surface area contributed by atoms with E-state index in [0.29, 0.717) is 12.7 Å². The number of benzene rings is 1. The molecule has 1 unspecified atom stereocenters. The van der Waals surface area contributed by atoms with Crippen LogP contribution in [0.15, 0.2) is 24.3 Å². The van der Waals surface area contributed by atoms with Crippen LogP contribution >= 0.6 is 0 Å². The van der Waals surface area contributed by atoms with E-state index in [9.17, 15) is 0 Å². The van der Waals surface area contributed by atoms with Gasteiger partial charge in [0.05, 0.1) is 12.7 Å². The summed E-state index contributed by atoms with van der Waals surface area (Å²) < 4.78 is 5.68. The van der Waals surface area contributed by atoms with E-state index in [0.717, 1.165) is 24.0 Å². The summed E-state index contributed by atoms with van der Waals surface area (Å²) in [6.45, 7) is 4.87. The van der Waals surface area contributed by atoms with Crippen molar-refractivity contribution in [3.8, 4) is 0 Å². The minimum absolute atomic E-state index is 0.104. The van der Waals surface area contributed by atoms with Crippen LogP contribution in [-0.2, 0) is 11.3 Å². The summed E-state index contributed by atoms with van der Waals surface area (Å²) in [7, 11) is 0. The van der Waals surface area contributed by atoms with Gasteiger partial charge in [-0.1, -0.05) is 37.6 Å². The molecule has 0 aromatic heterocycles. The van der Waals surface area contributed by atoms with E-state index in [1.165, 1.54) is 0 Å². The summed E-state index contributed by atoms with van der Waals surface area (Å²) in [5.41, 5.74) is 7.25. The molecule has 0 aliphatic rings. The number of hydrogen-bond acceptors (Lipinski definition) is 2. The highest BCUT2D eigenvalue weighted by Gasteiger charge is 2.01. The normalized spacial score (nSPS) is 12.4. The highest BCUT2D eigenvalue weighted by Crippen LogP contribution is 2.08. The Balaban J connectivity index is 2.46. The molecule has 3 nitrogen and oxygen atoms in total. The first-order chi connectivity index (χ1) is 7.63. The molecule has 3 heteroatoms. The standard InChI is InChI=1S/C13H20N2O/c1-3-4-10(2)16-9-11-5-7-12(8-6-11)13(14)15/h5-8,10H,3-4,9H2,1-2H3,(H3,14,15). The van der Waals surface area contributed by atoms with Gasteiger partial charge < -0.3 is 10.5 Å². The van der Waals surface area contributed by atoms with Crippen molar-refractivity contribution in [1.29, 1.82) is 5.41 Å². The highest BCUT2D eigenvalue weighted by molar-refractivity contribution is 5.94. The first-order valence-corrected chi connectivity index (χ1v) is 5.68. The molecular weight excluding hydrogens is 200 g/mol. The first kappa shape index (κ1) is 12.7. The molecule has 16 heavy (non-hydrogen) atoms. The van der Waals surface area contributed by atoms with Gasteiger partial charge in [0.15, 0.2) is 0 Å². The van der Waals surface area contributed by atoms with Crippen LogP contribution in [0.5, 0.6) is 0 Å². The molecule has 0 heterocycles. The third kappa shape index (κ3) is 4.03. The van der Waals surface area contributed by atoms with Gasteiger partial charge >= 0.3 is 0 Å². The van der Waals surface area contributed by atoms with Crippen LogP contribution in [0.25, 0.3) is 0 Å². The Hall–Kier alpha value is -1.35. The second-order valence-electron chi connectivity index (χ2n) is 4.02. The van der Waals surface area contributed by atoms with Crippen molar-refractivity contribution in [2.24, 2.45) is 5.73 Å². The lowest BCUT2D eigenvalue weighted by atomic mass is 10.1. The van der Waals surface area contributed by atoms with E-state index in [1.807, 2.05) is 24.3 Å². The maximum Gasteiger partial charge on any atom is 0.122 e. The molecule has 0 radical (unpaired) electrons. The molecule has 0 aliphatic heterocycles. The summed E-state index contributed by atoms with van der Waals surface area (Å²) in [5.74, 6) is 0.104. The number of nitrogen functional groups attached to an aromatic ring is 1. The van der Waals surface area contributed by atoms with Gasteiger partial charge in [0, 0.05) is 5.56 Å². The molecule has 0 aliphatic carbocycles. The summed E-state index contributed by atoms with van der Waals surface area (Å²) in [6.07, 6.45) is 2.54. The molecular formula is C13H20N2O. The van der Waals surface area contributed by atoms with E-state index in [4.69, 9.17) is 15.9 Å². The van der Waals surface area contributed by atoms with Gasteiger partial charge in [-0.25, -0.2) is 0 Å². The van der Waals surface area contributed by atoms with Crippen molar-refractivity contribution in [3.63, 3.8) is 0 Å². The number of hydrogen-bond donors (Lipinski definition) is 2. The Morgan fingerprint density at radius 2 is 2.00 bits per heavy atom. The number of nitrogens with one attached hydrogen (secondary N) is 1. The van der Waals surface area contributed by atoms with Gasteiger partial charge in [-0.05, 0) is 18.9 Å². The van der Waals surface area contributed by atoms with Crippen molar-refractivity contribution in [3.05, 3.63) is 35.4 Å². The lowest BCUT2D eigenvalue weighted by Gasteiger charge is -2.11. The Bertz CT molecular complexity index is 332. The summed E-state index contributed by atoms with van der Waals surface area (Å²) in [6, 6.07) is 7.61. The Morgan fingerprint density at radius 3 is 2.50 bits per heavy atom. The third-order valence-electron chi connectivity index (χ3n) is 2.49. The minimum Gasteiger partial charge on any atom is -0.384 e. The molecule has 1 atom stereocenters. The van der Waals surface area contributed by atoms with E-state index in [1.54, 1.807) is 0 Å². The van der Waals surface area contributed by atoms with Crippen LogP contribution in [0.1, 0.15) is 37.8 Å². The molecule has 0 amide bonds. The lowest BCUT2D eigenvalue weighted by Crippen LogP contribution is -2.11. The van der Waals surface area contributed by atoms with Gasteiger partial charge in [0.25, 0.3) is 0 Å². The van der Waals surface area contributed by atoms with E-state index >= 15 is 0 Å². The molecule has 88 valence electrons. The van der Waals surface area contributed by atoms with Gasteiger partial charge in [-0.3, -0.25) is 5.41 Å².